The molecule has 1 aromatic rings. The molecule has 116 valence electrons. The SMILES string of the molecule is CN(C)C1CCCN(C(=O)NC(C(=O)O)c2cccs2)C1. The molecule has 1 aliphatic heterocycles. The Hall–Kier alpha value is -1.60. The summed E-state index contributed by atoms with van der Waals surface area (Å²) in [6, 6.07) is 2.56. The Bertz CT molecular complexity index is 490. The Morgan fingerprint density at radius 1 is 1.52 bits per heavy atom. The fraction of sp³-hybridized carbons (Fsp3) is 0.571. The van der Waals surface area contributed by atoms with E-state index in [4.69, 9.17) is 0 Å². The summed E-state index contributed by atoms with van der Waals surface area (Å²) in [5.41, 5.74) is 0. The van der Waals surface area contributed by atoms with Crippen molar-refractivity contribution in [2.24, 2.45) is 0 Å². The van der Waals surface area contributed by atoms with E-state index in [-0.39, 0.29) is 6.03 Å². The Morgan fingerprint density at radius 3 is 2.86 bits per heavy atom. The van der Waals surface area contributed by atoms with Crippen LogP contribution in [0.25, 0.3) is 0 Å². The summed E-state index contributed by atoms with van der Waals surface area (Å²) >= 11 is 1.33. The predicted octanol–water partition coefficient (Wildman–Crippen LogP) is 1.61. The first-order valence-corrected chi connectivity index (χ1v) is 7.85. The second kappa shape index (κ2) is 6.91. The number of hydrogen-bond donors (Lipinski definition) is 2. The van der Waals surface area contributed by atoms with Crippen LogP contribution in [-0.2, 0) is 4.79 Å². The van der Waals surface area contributed by atoms with Crippen molar-refractivity contribution in [3.63, 3.8) is 0 Å². The number of nitrogens with zero attached hydrogens (tertiary/aromatic N) is 2. The van der Waals surface area contributed by atoms with Gasteiger partial charge in [0.15, 0.2) is 6.04 Å². The number of nitrogens with one attached hydrogen (secondary N) is 1. The maximum Gasteiger partial charge on any atom is 0.331 e. The van der Waals surface area contributed by atoms with Crippen molar-refractivity contribution in [2.75, 3.05) is 27.2 Å². The number of carbonyl (C=O) groups excluding carboxylic acids is 1. The Labute approximate surface area is 128 Å². The molecule has 0 saturated carbocycles. The van der Waals surface area contributed by atoms with Crippen LogP contribution in [-0.4, -0.2) is 60.1 Å². The highest BCUT2D eigenvalue weighted by Crippen LogP contribution is 2.20. The Kier molecular flexibility index (Phi) is 5.19. The van der Waals surface area contributed by atoms with Crippen LogP contribution in [0.3, 0.4) is 0 Å². The number of hydrogen-bond acceptors (Lipinski definition) is 4. The highest BCUT2D eigenvalue weighted by atomic mass is 32.1. The zero-order valence-corrected chi connectivity index (χ0v) is 13.1. The summed E-state index contributed by atoms with van der Waals surface area (Å²) in [6.45, 7) is 1.31. The lowest BCUT2D eigenvalue weighted by atomic mass is 10.1. The van der Waals surface area contributed by atoms with Crippen LogP contribution in [0.5, 0.6) is 0 Å². The molecule has 1 fully saturated rings. The van der Waals surface area contributed by atoms with Gasteiger partial charge in [0.25, 0.3) is 0 Å². The van der Waals surface area contributed by atoms with Crippen molar-refractivity contribution >= 4 is 23.3 Å². The molecule has 0 aliphatic carbocycles. The van der Waals surface area contributed by atoms with E-state index in [1.54, 1.807) is 22.4 Å². The van der Waals surface area contributed by atoms with E-state index in [1.165, 1.54) is 11.3 Å². The van der Waals surface area contributed by atoms with E-state index in [0.717, 1.165) is 12.8 Å². The lowest BCUT2D eigenvalue weighted by Crippen LogP contribution is -2.51. The molecular formula is C14H21N3O3S. The Morgan fingerprint density at radius 2 is 2.29 bits per heavy atom. The quantitative estimate of drug-likeness (QED) is 0.886. The molecule has 1 aromatic heterocycles. The monoisotopic (exact) mass is 311 g/mol. The van der Waals surface area contributed by atoms with E-state index in [2.05, 4.69) is 10.2 Å². The molecule has 2 N–H and O–H groups in total. The minimum absolute atomic E-state index is 0.303. The van der Waals surface area contributed by atoms with Crippen molar-refractivity contribution in [1.82, 2.24) is 15.1 Å². The molecule has 21 heavy (non-hydrogen) atoms. The minimum atomic E-state index is -1.04. The van der Waals surface area contributed by atoms with Crippen LogP contribution in [0, 0.1) is 0 Å². The Balaban J connectivity index is 2.00. The molecule has 1 aliphatic rings. The van der Waals surface area contributed by atoms with E-state index in [0.29, 0.717) is 24.0 Å². The zero-order valence-electron chi connectivity index (χ0n) is 12.3. The van der Waals surface area contributed by atoms with Gasteiger partial charge in [-0.15, -0.1) is 11.3 Å². The molecule has 0 aromatic carbocycles. The molecule has 0 radical (unpaired) electrons. The first-order valence-electron chi connectivity index (χ1n) is 6.97. The highest BCUT2D eigenvalue weighted by Gasteiger charge is 2.29. The highest BCUT2D eigenvalue weighted by molar-refractivity contribution is 7.10. The van der Waals surface area contributed by atoms with Crippen LogP contribution in [0.2, 0.25) is 0 Å². The number of likely N-dealkylation sites (tertiary alicyclic amines) is 1. The van der Waals surface area contributed by atoms with Crippen molar-refractivity contribution in [3.05, 3.63) is 22.4 Å². The average molecular weight is 311 g/mol. The zero-order chi connectivity index (χ0) is 15.4. The van der Waals surface area contributed by atoms with Crippen molar-refractivity contribution in [2.45, 2.75) is 24.9 Å². The third-order valence-electron chi connectivity index (χ3n) is 3.76. The fourth-order valence-electron chi connectivity index (χ4n) is 2.49. The lowest BCUT2D eigenvalue weighted by molar-refractivity contribution is -0.139. The van der Waals surface area contributed by atoms with Gasteiger partial charge in [-0.2, -0.15) is 0 Å². The molecule has 6 nitrogen and oxygen atoms in total. The third-order valence-corrected chi connectivity index (χ3v) is 4.69. The van der Waals surface area contributed by atoms with E-state index in [9.17, 15) is 14.7 Å². The summed E-state index contributed by atoms with van der Waals surface area (Å²) in [7, 11) is 4.00. The number of thiophene rings is 1. The fourth-order valence-corrected chi connectivity index (χ4v) is 3.25. The standard InChI is InChI=1S/C14H21N3O3S/c1-16(2)10-5-3-7-17(9-10)14(20)15-12(13(18)19)11-6-4-8-21-11/h4,6,8,10,12H,3,5,7,9H2,1-2H3,(H,15,20)(H,18,19). The molecule has 2 unspecified atom stereocenters. The van der Waals surface area contributed by atoms with Gasteiger partial charge >= 0.3 is 12.0 Å². The van der Waals surface area contributed by atoms with Crippen LogP contribution in [0.1, 0.15) is 23.8 Å². The van der Waals surface area contributed by atoms with E-state index in [1.807, 2.05) is 14.1 Å². The number of carbonyl (C=O) groups is 2. The summed E-state index contributed by atoms with van der Waals surface area (Å²) in [4.78, 5) is 28.1. The number of aliphatic carboxylic acids is 1. The molecule has 0 bridgehead atoms. The minimum Gasteiger partial charge on any atom is -0.479 e. The number of urea groups is 1. The number of amides is 2. The molecule has 2 amide bonds. The van der Waals surface area contributed by atoms with Gasteiger partial charge in [-0.25, -0.2) is 9.59 Å². The number of piperidine rings is 1. The van der Waals surface area contributed by atoms with Crippen molar-refractivity contribution in [1.29, 1.82) is 0 Å². The third kappa shape index (κ3) is 3.95. The largest absolute Gasteiger partial charge is 0.479 e. The van der Waals surface area contributed by atoms with Gasteiger partial charge in [-0.1, -0.05) is 6.07 Å². The van der Waals surface area contributed by atoms with Gasteiger partial charge in [-0.3, -0.25) is 0 Å². The van der Waals surface area contributed by atoms with Gasteiger partial charge in [0.2, 0.25) is 0 Å². The van der Waals surface area contributed by atoms with Gasteiger partial charge in [0, 0.05) is 24.0 Å². The summed E-state index contributed by atoms with van der Waals surface area (Å²) in [5, 5.41) is 13.7. The van der Waals surface area contributed by atoms with Crippen molar-refractivity contribution in [3.8, 4) is 0 Å². The number of carboxylic acids is 1. The molecule has 2 rings (SSSR count). The van der Waals surface area contributed by atoms with Gasteiger partial charge < -0.3 is 20.2 Å². The maximum atomic E-state index is 12.3. The van der Waals surface area contributed by atoms with Crippen molar-refractivity contribution < 1.29 is 14.7 Å². The number of likely N-dealkylation sites (N-methyl/N-ethyl adjacent to an activating group) is 1. The van der Waals surface area contributed by atoms with Crippen LogP contribution in [0.4, 0.5) is 4.79 Å². The lowest BCUT2D eigenvalue weighted by Gasteiger charge is -2.36. The van der Waals surface area contributed by atoms with Crippen LogP contribution < -0.4 is 5.32 Å². The topological polar surface area (TPSA) is 72.9 Å². The molecule has 0 spiro atoms. The molecular weight excluding hydrogens is 290 g/mol. The first-order chi connectivity index (χ1) is 9.99. The second-order valence-electron chi connectivity index (χ2n) is 5.44. The van der Waals surface area contributed by atoms with Crippen LogP contribution in [0.15, 0.2) is 17.5 Å². The van der Waals surface area contributed by atoms with Gasteiger partial charge in [-0.05, 0) is 38.4 Å². The second-order valence-corrected chi connectivity index (χ2v) is 6.42. The van der Waals surface area contributed by atoms with Gasteiger partial charge in [0.1, 0.15) is 0 Å². The molecule has 7 heteroatoms. The molecule has 2 heterocycles. The number of carboxylic acid groups (broad SMARTS) is 1. The number of rotatable bonds is 4. The van der Waals surface area contributed by atoms with Gasteiger partial charge in [0.05, 0.1) is 0 Å². The smallest absolute Gasteiger partial charge is 0.331 e. The molecule has 1 saturated heterocycles. The summed E-state index contributed by atoms with van der Waals surface area (Å²) < 4.78 is 0. The average Bonchev–Trinajstić information content (AvgIpc) is 2.98. The predicted molar refractivity (Wildman–Crippen MR) is 81.5 cm³/mol. The normalized spacial score (nSPS) is 20.3. The summed E-state index contributed by atoms with van der Waals surface area (Å²) in [5.74, 6) is -1.04. The first kappa shape index (κ1) is 15.8. The van der Waals surface area contributed by atoms with E-state index >= 15 is 0 Å². The van der Waals surface area contributed by atoms with Crippen LogP contribution >= 0.6 is 11.3 Å². The van der Waals surface area contributed by atoms with E-state index < -0.39 is 12.0 Å². The summed E-state index contributed by atoms with van der Waals surface area (Å²) in [6.07, 6.45) is 2.00. The molecule has 2 atom stereocenters. The maximum absolute atomic E-state index is 12.3.